The van der Waals surface area contributed by atoms with Crippen LogP contribution in [-0.2, 0) is 9.47 Å². The highest BCUT2D eigenvalue weighted by Crippen LogP contribution is 2.19. The van der Waals surface area contributed by atoms with Gasteiger partial charge in [0.2, 0.25) is 6.23 Å². The highest BCUT2D eigenvalue weighted by atomic mass is 79.9. The molecule has 0 bridgehead atoms. The molecule has 0 saturated heterocycles. The van der Waals surface area contributed by atoms with Crippen LogP contribution in [0.4, 0.5) is 0 Å². The van der Waals surface area contributed by atoms with Crippen molar-refractivity contribution in [3.63, 3.8) is 0 Å². The number of aliphatic hydroxyl groups is 1. The molecular weight excluding hydrogens is 682 g/mol. The molecule has 2 unspecified atom stereocenters. The molecule has 50 heavy (non-hydrogen) atoms. The van der Waals surface area contributed by atoms with Crippen LogP contribution in [0.5, 0.6) is 0 Å². The molecule has 1 N–H and O–H groups in total. The van der Waals surface area contributed by atoms with Gasteiger partial charge in [0.15, 0.2) is 0 Å². The van der Waals surface area contributed by atoms with Crippen LogP contribution >= 0.6 is 0 Å². The summed E-state index contributed by atoms with van der Waals surface area (Å²) in [5.41, 5.74) is 0. The molecule has 0 amide bonds. The maximum atomic E-state index is 9.32. The zero-order valence-corrected chi connectivity index (χ0v) is 36.2. The monoisotopic (exact) mass is 772 g/mol. The number of hydrogen-bond acceptors (Lipinski definition) is 3. The average Bonchev–Trinajstić information content (AvgIpc) is 3.09. The van der Waals surface area contributed by atoms with E-state index in [-0.39, 0.29) is 35.9 Å². The van der Waals surface area contributed by atoms with Crippen LogP contribution in [0.2, 0.25) is 0 Å². The van der Waals surface area contributed by atoms with E-state index in [0.717, 1.165) is 49.9 Å². The number of halogens is 1. The molecule has 0 aromatic heterocycles. The number of quaternary nitrogens is 1. The fraction of sp³-hybridized carbons (Fsp3) is 0.911. The van der Waals surface area contributed by atoms with E-state index in [9.17, 15) is 5.11 Å². The number of allylic oxidation sites excluding steroid dienone is 4. The van der Waals surface area contributed by atoms with E-state index in [1.54, 1.807) is 0 Å². The van der Waals surface area contributed by atoms with Crippen LogP contribution in [0.1, 0.15) is 213 Å². The highest BCUT2D eigenvalue weighted by Gasteiger charge is 2.34. The van der Waals surface area contributed by atoms with E-state index in [2.05, 4.69) is 59.2 Å². The van der Waals surface area contributed by atoms with E-state index < -0.39 is 0 Å². The number of ether oxygens (including phenoxy) is 2. The molecule has 0 aliphatic rings. The summed E-state index contributed by atoms with van der Waals surface area (Å²) in [5, 5.41) is 9.32. The second-order valence-electron chi connectivity index (χ2n) is 15.6. The van der Waals surface area contributed by atoms with Crippen molar-refractivity contribution in [1.82, 2.24) is 0 Å². The molecular formula is C45H90BrNO3. The fourth-order valence-corrected chi connectivity index (χ4v) is 6.92. The molecule has 0 spiro atoms. The molecule has 0 aliphatic heterocycles. The van der Waals surface area contributed by atoms with Crippen molar-refractivity contribution in [1.29, 1.82) is 0 Å². The molecule has 0 aromatic rings. The predicted octanol–water partition coefficient (Wildman–Crippen LogP) is 10.7. The minimum atomic E-state index is 0. The average molecular weight is 773 g/mol. The summed E-state index contributed by atoms with van der Waals surface area (Å²) in [7, 11) is 4.54. The minimum Gasteiger partial charge on any atom is -1.00 e. The summed E-state index contributed by atoms with van der Waals surface area (Å²) in [5.74, 6) is 0. The Hall–Kier alpha value is -0.200. The van der Waals surface area contributed by atoms with Crippen LogP contribution in [0.15, 0.2) is 24.3 Å². The Balaban J connectivity index is 0. The van der Waals surface area contributed by atoms with Gasteiger partial charge in [0.25, 0.3) is 0 Å². The summed E-state index contributed by atoms with van der Waals surface area (Å²) in [6.07, 6.45) is 48.8. The number of hydrogen-bond donors (Lipinski definition) is 1. The fourth-order valence-electron chi connectivity index (χ4n) is 6.92. The molecule has 4 nitrogen and oxygen atoms in total. The van der Waals surface area contributed by atoms with Gasteiger partial charge in [-0.3, -0.25) is 0 Å². The van der Waals surface area contributed by atoms with Crippen molar-refractivity contribution in [2.45, 2.75) is 226 Å². The van der Waals surface area contributed by atoms with Crippen molar-refractivity contribution in [2.75, 3.05) is 40.5 Å². The Morgan fingerprint density at radius 3 is 1.18 bits per heavy atom. The lowest BCUT2D eigenvalue weighted by molar-refractivity contribution is -0.941. The third kappa shape index (κ3) is 36.2. The van der Waals surface area contributed by atoms with Crippen molar-refractivity contribution < 1.29 is 36.0 Å². The second-order valence-corrected chi connectivity index (χ2v) is 15.6. The molecule has 0 rings (SSSR count). The zero-order valence-electron chi connectivity index (χ0n) is 34.6. The maximum Gasteiger partial charge on any atom is 0.219 e. The quantitative estimate of drug-likeness (QED) is 0.0292. The molecule has 0 fully saturated rings. The topological polar surface area (TPSA) is 38.7 Å². The third-order valence-corrected chi connectivity index (χ3v) is 10.2. The van der Waals surface area contributed by atoms with Crippen LogP contribution in [0.3, 0.4) is 0 Å². The number of aliphatic hydroxyl groups excluding tert-OH is 1. The minimum absolute atomic E-state index is 0. The Labute approximate surface area is 325 Å². The Morgan fingerprint density at radius 1 is 0.460 bits per heavy atom. The predicted molar refractivity (Wildman–Crippen MR) is 217 cm³/mol. The molecule has 0 heterocycles. The van der Waals surface area contributed by atoms with Gasteiger partial charge in [-0.15, -0.1) is 0 Å². The molecule has 0 radical (unpaired) electrons. The largest absolute Gasteiger partial charge is 1.00 e. The third-order valence-electron chi connectivity index (χ3n) is 10.2. The van der Waals surface area contributed by atoms with E-state index in [1.165, 1.54) is 167 Å². The normalized spacial score (nSPS) is 13.4. The van der Waals surface area contributed by atoms with E-state index in [1.807, 2.05) is 0 Å². The zero-order chi connectivity index (χ0) is 35.9. The summed E-state index contributed by atoms with van der Waals surface area (Å²) in [6.45, 7) is 9.69. The van der Waals surface area contributed by atoms with E-state index in [4.69, 9.17) is 9.47 Å². The molecule has 0 aliphatic carbocycles. The smallest absolute Gasteiger partial charge is 0.219 e. The van der Waals surface area contributed by atoms with Crippen molar-refractivity contribution in [3.8, 4) is 0 Å². The maximum absolute atomic E-state index is 9.32. The van der Waals surface area contributed by atoms with Gasteiger partial charge in [0.1, 0.15) is 6.10 Å². The molecule has 2 atom stereocenters. The standard InChI is InChI=1S/C45H90NO3.BrH/c1-6-8-10-12-14-16-18-20-22-24-26-28-30-32-34-38-42-48-44(3)45(46(4,5)40-36-37-41-47)49-43-39-35-33-31-29-27-25-23-21-19-17-15-13-11-9-7-2;/h20-23,44-45,47H,6-19,24-43H2,1-5H3;1H/q+1;/p-1/b22-20-,23-21-;. The molecule has 300 valence electrons. The number of rotatable bonds is 40. The number of nitrogens with zero attached hydrogens (tertiary/aromatic N) is 1. The van der Waals surface area contributed by atoms with E-state index >= 15 is 0 Å². The molecule has 0 aromatic carbocycles. The van der Waals surface area contributed by atoms with Gasteiger partial charge in [-0.05, 0) is 84.0 Å². The summed E-state index contributed by atoms with van der Waals surface area (Å²) >= 11 is 0. The van der Waals surface area contributed by atoms with E-state index in [0.29, 0.717) is 0 Å². The van der Waals surface area contributed by atoms with Crippen LogP contribution < -0.4 is 17.0 Å². The Kier molecular flexibility index (Phi) is 43.1. The van der Waals surface area contributed by atoms with Crippen LogP contribution in [0, 0.1) is 0 Å². The Bertz CT molecular complexity index is 698. The van der Waals surface area contributed by atoms with Gasteiger partial charge < -0.3 is 36.0 Å². The number of unbranched alkanes of at least 4 members (excludes halogenated alkanes) is 25. The van der Waals surface area contributed by atoms with Gasteiger partial charge in [-0.2, -0.15) is 0 Å². The first kappa shape index (κ1) is 51.9. The van der Waals surface area contributed by atoms with Crippen LogP contribution in [-0.4, -0.2) is 62.4 Å². The van der Waals surface area contributed by atoms with Gasteiger partial charge in [0, 0.05) is 13.2 Å². The SMILES string of the molecule is CCCCCCCC/C=C\CCCCCCCCOC(C)C(OCCCCCCCC/C=C\CCCCCCCC)[N+](C)(C)CCCCO.[Br-]. The second kappa shape index (κ2) is 41.6. The summed E-state index contributed by atoms with van der Waals surface area (Å²) < 4.78 is 13.8. The highest BCUT2D eigenvalue weighted by molar-refractivity contribution is 4.82. The lowest BCUT2D eigenvalue weighted by Gasteiger charge is -2.40. The lowest BCUT2D eigenvalue weighted by atomic mass is 10.1. The lowest BCUT2D eigenvalue weighted by Crippen LogP contribution is -3.00. The molecule has 5 heteroatoms. The number of likely N-dealkylation sites (N-methyl/N-ethyl adjacent to an activating group) is 1. The van der Waals surface area contributed by atoms with Gasteiger partial charge in [-0.1, -0.05) is 154 Å². The molecule has 0 saturated carbocycles. The van der Waals surface area contributed by atoms with Gasteiger partial charge in [-0.25, -0.2) is 0 Å². The Morgan fingerprint density at radius 2 is 0.800 bits per heavy atom. The summed E-state index contributed by atoms with van der Waals surface area (Å²) in [4.78, 5) is 0. The van der Waals surface area contributed by atoms with Gasteiger partial charge >= 0.3 is 0 Å². The van der Waals surface area contributed by atoms with Crippen LogP contribution in [0.25, 0.3) is 0 Å². The van der Waals surface area contributed by atoms with Gasteiger partial charge in [0.05, 0.1) is 27.2 Å². The van der Waals surface area contributed by atoms with Crippen molar-refractivity contribution >= 4 is 0 Å². The first-order valence-electron chi connectivity index (χ1n) is 22.0. The van der Waals surface area contributed by atoms with Crippen molar-refractivity contribution in [3.05, 3.63) is 24.3 Å². The summed E-state index contributed by atoms with van der Waals surface area (Å²) in [6, 6.07) is 0. The first-order valence-corrected chi connectivity index (χ1v) is 22.0. The first-order chi connectivity index (χ1) is 24.0. The van der Waals surface area contributed by atoms with Crippen molar-refractivity contribution in [2.24, 2.45) is 0 Å².